The van der Waals surface area contributed by atoms with Crippen LogP contribution in [-0.2, 0) is 11.3 Å². The first kappa shape index (κ1) is 17.9. The molecule has 0 fully saturated rings. The van der Waals surface area contributed by atoms with E-state index in [4.69, 9.17) is 14.2 Å². The number of thiazole rings is 1. The fourth-order valence-electron chi connectivity index (χ4n) is 2.30. The minimum absolute atomic E-state index is 0.0304. The molecule has 3 aromatic rings. The minimum Gasteiger partial charge on any atom is -0.497 e. The van der Waals surface area contributed by atoms with Crippen LogP contribution < -0.4 is 9.47 Å². The van der Waals surface area contributed by atoms with E-state index in [0.717, 1.165) is 5.56 Å². The van der Waals surface area contributed by atoms with Gasteiger partial charge < -0.3 is 14.2 Å². The lowest BCUT2D eigenvalue weighted by Gasteiger charge is -2.10. The number of nitrogens with zero attached hydrogens (tertiary/aromatic N) is 1. The van der Waals surface area contributed by atoms with Crippen LogP contribution in [0, 0.1) is 5.82 Å². The number of methoxy groups -OCH3 is 2. The Morgan fingerprint density at radius 3 is 2.58 bits per heavy atom. The molecule has 134 valence electrons. The highest BCUT2D eigenvalue weighted by molar-refractivity contribution is 7.13. The lowest BCUT2D eigenvalue weighted by atomic mass is 10.2. The molecular weight excluding hydrogens is 357 g/mol. The van der Waals surface area contributed by atoms with Crippen molar-refractivity contribution in [3.8, 4) is 22.1 Å². The lowest BCUT2D eigenvalue weighted by molar-refractivity contribution is 0.0464. The van der Waals surface area contributed by atoms with Crippen molar-refractivity contribution in [3.63, 3.8) is 0 Å². The van der Waals surface area contributed by atoms with Gasteiger partial charge in [0.05, 0.1) is 14.2 Å². The lowest BCUT2D eigenvalue weighted by Crippen LogP contribution is -2.06. The fourth-order valence-corrected chi connectivity index (χ4v) is 3.10. The molecule has 3 rings (SSSR count). The van der Waals surface area contributed by atoms with Crippen molar-refractivity contribution in [3.05, 3.63) is 64.9 Å². The quantitative estimate of drug-likeness (QED) is 0.602. The standard InChI is InChI=1S/C19H16FNO4S/c1-23-15-7-8-17(24-2)13(9-15)10-25-19(22)16-11-26-18(21-16)12-3-5-14(20)6-4-12/h3-9,11H,10H2,1-2H3. The van der Waals surface area contributed by atoms with Crippen molar-refractivity contribution in [1.29, 1.82) is 0 Å². The first-order chi connectivity index (χ1) is 12.6. The van der Waals surface area contributed by atoms with Crippen molar-refractivity contribution in [1.82, 2.24) is 4.98 Å². The largest absolute Gasteiger partial charge is 0.497 e. The van der Waals surface area contributed by atoms with Gasteiger partial charge in [0.2, 0.25) is 0 Å². The summed E-state index contributed by atoms with van der Waals surface area (Å²) in [5, 5.41) is 2.24. The Hall–Kier alpha value is -2.93. The summed E-state index contributed by atoms with van der Waals surface area (Å²) < 4.78 is 28.8. The average molecular weight is 373 g/mol. The van der Waals surface area contributed by atoms with Crippen LogP contribution in [0.25, 0.3) is 10.6 Å². The van der Waals surface area contributed by atoms with Crippen LogP contribution in [0.4, 0.5) is 4.39 Å². The molecule has 0 saturated heterocycles. The van der Waals surface area contributed by atoms with E-state index < -0.39 is 5.97 Å². The molecule has 0 aliphatic carbocycles. The van der Waals surface area contributed by atoms with Gasteiger partial charge in [0.1, 0.15) is 28.9 Å². The highest BCUT2D eigenvalue weighted by Crippen LogP contribution is 2.26. The monoisotopic (exact) mass is 373 g/mol. The number of carbonyl (C=O) groups excluding carboxylic acids is 1. The summed E-state index contributed by atoms with van der Waals surface area (Å²) in [5.41, 5.74) is 1.63. The fraction of sp³-hybridized carbons (Fsp3) is 0.158. The molecule has 0 aliphatic rings. The maximum absolute atomic E-state index is 13.0. The van der Waals surface area contributed by atoms with E-state index in [1.807, 2.05) is 0 Å². The number of halogens is 1. The molecule has 0 unspecified atom stereocenters. The second-order valence-corrected chi connectivity index (χ2v) is 6.16. The molecular formula is C19H16FNO4S. The second-order valence-electron chi connectivity index (χ2n) is 5.30. The van der Waals surface area contributed by atoms with Crippen LogP contribution in [0.2, 0.25) is 0 Å². The summed E-state index contributed by atoms with van der Waals surface area (Å²) in [4.78, 5) is 16.5. The van der Waals surface area contributed by atoms with Crippen LogP contribution in [-0.4, -0.2) is 25.2 Å². The minimum atomic E-state index is -0.542. The molecule has 2 aromatic carbocycles. The average Bonchev–Trinajstić information content (AvgIpc) is 3.16. The van der Waals surface area contributed by atoms with E-state index in [9.17, 15) is 9.18 Å². The van der Waals surface area contributed by atoms with Crippen LogP contribution in [0.5, 0.6) is 11.5 Å². The van der Waals surface area contributed by atoms with E-state index in [0.29, 0.717) is 22.1 Å². The van der Waals surface area contributed by atoms with E-state index >= 15 is 0 Å². The summed E-state index contributed by atoms with van der Waals surface area (Å²) >= 11 is 1.29. The molecule has 1 aromatic heterocycles. The van der Waals surface area contributed by atoms with Crippen LogP contribution in [0.15, 0.2) is 47.8 Å². The highest BCUT2D eigenvalue weighted by Gasteiger charge is 2.15. The molecule has 0 bridgehead atoms. The van der Waals surface area contributed by atoms with Gasteiger partial charge in [-0.3, -0.25) is 0 Å². The molecule has 0 radical (unpaired) electrons. The van der Waals surface area contributed by atoms with Crippen LogP contribution >= 0.6 is 11.3 Å². The van der Waals surface area contributed by atoms with Crippen molar-refractivity contribution >= 4 is 17.3 Å². The van der Waals surface area contributed by atoms with Crippen LogP contribution in [0.3, 0.4) is 0 Å². The normalized spacial score (nSPS) is 10.4. The predicted octanol–water partition coefficient (Wildman–Crippen LogP) is 4.32. The molecule has 0 spiro atoms. The molecule has 5 nitrogen and oxygen atoms in total. The van der Waals surface area contributed by atoms with Gasteiger partial charge in [-0.15, -0.1) is 11.3 Å². The number of hydrogen-bond acceptors (Lipinski definition) is 6. The molecule has 0 aliphatic heterocycles. The summed E-state index contributed by atoms with van der Waals surface area (Å²) in [6.45, 7) is 0.0304. The van der Waals surface area contributed by atoms with E-state index in [1.165, 1.54) is 23.5 Å². The SMILES string of the molecule is COc1ccc(OC)c(COC(=O)c2csc(-c3ccc(F)cc3)n2)c1. The summed E-state index contributed by atoms with van der Waals surface area (Å²) in [6, 6.07) is 11.2. The molecule has 26 heavy (non-hydrogen) atoms. The third kappa shape index (κ3) is 4.00. The number of ether oxygens (including phenoxy) is 3. The Morgan fingerprint density at radius 2 is 1.88 bits per heavy atom. The van der Waals surface area contributed by atoms with Crippen molar-refractivity contribution in [2.45, 2.75) is 6.61 Å². The van der Waals surface area contributed by atoms with Gasteiger partial charge in [-0.1, -0.05) is 0 Å². The molecule has 0 N–H and O–H groups in total. The Kier molecular flexibility index (Phi) is 5.48. The third-order valence-corrected chi connectivity index (χ3v) is 4.54. The van der Waals surface area contributed by atoms with Gasteiger partial charge in [0.15, 0.2) is 5.69 Å². The number of rotatable bonds is 6. The van der Waals surface area contributed by atoms with E-state index in [1.54, 1.807) is 49.9 Å². The molecule has 0 saturated carbocycles. The third-order valence-electron chi connectivity index (χ3n) is 3.65. The summed E-state index contributed by atoms with van der Waals surface area (Å²) in [7, 11) is 3.10. The van der Waals surface area contributed by atoms with Crippen molar-refractivity contribution in [2.75, 3.05) is 14.2 Å². The zero-order valence-electron chi connectivity index (χ0n) is 14.2. The number of esters is 1. The van der Waals surface area contributed by atoms with Gasteiger partial charge in [-0.05, 0) is 42.5 Å². The van der Waals surface area contributed by atoms with Gasteiger partial charge in [-0.2, -0.15) is 0 Å². The van der Waals surface area contributed by atoms with Crippen LogP contribution in [0.1, 0.15) is 16.1 Å². The zero-order chi connectivity index (χ0) is 18.5. The maximum Gasteiger partial charge on any atom is 0.358 e. The van der Waals surface area contributed by atoms with Gasteiger partial charge in [-0.25, -0.2) is 14.2 Å². The highest BCUT2D eigenvalue weighted by atomic mass is 32.1. The number of benzene rings is 2. The number of aromatic nitrogens is 1. The summed E-state index contributed by atoms with van der Waals surface area (Å²) in [6.07, 6.45) is 0. The van der Waals surface area contributed by atoms with Gasteiger partial charge in [0.25, 0.3) is 0 Å². The Labute approximate surface area is 154 Å². The van der Waals surface area contributed by atoms with Crippen molar-refractivity contribution < 1.29 is 23.4 Å². The van der Waals surface area contributed by atoms with E-state index in [-0.39, 0.29) is 18.1 Å². The first-order valence-electron chi connectivity index (χ1n) is 7.70. The zero-order valence-corrected chi connectivity index (χ0v) is 15.0. The molecule has 1 heterocycles. The predicted molar refractivity (Wildman–Crippen MR) is 96.2 cm³/mol. The maximum atomic E-state index is 13.0. The van der Waals surface area contributed by atoms with E-state index in [2.05, 4.69) is 4.98 Å². The molecule has 0 amide bonds. The Morgan fingerprint density at radius 1 is 1.12 bits per heavy atom. The van der Waals surface area contributed by atoms with Crippen molar-refractivity contribution in [2.24, 2.45) is 0 Å². The second kappa shape index (κ2) is 7.97. The molecule has 0 atom stereocenters. The topological polar surface area (TPSA) is 57.7 Å². The Bertz CT molecular complexity index is 908. The first-order valence-corrected chi connectivity index (χ1v) is 8.58. The molecule has 7 heteroatoms. The number of hydrogen-bond donors (Lipinski definition) is 0. The summed E-state index contributed by atoms with van der Waals surface area (Å²) in [5.74, 6) is 0.379. The smallest absolute Gasteiger partial charge is 0.358 e. The van der Waals surface area contributed by atoms with Gasteiger partial charge in [0, 0.05) is 16.5 Å². The van der Waals surface area contributed by atoms with Gasteiger partial charge >= 0.3 is 5.97 Å². The Balaban J connectivity index is 1.70. The number of carbonyl (C=O) groups is 1.